The molecule has 3 heterocycles. The van der Waals surface area contributed by atoms with Crippen LogP contribution in [-0.2, 0) is 14.6 Å². The van der Waals surface area contributed by atoms with Gasteiger partial charge in [0.15, 0.2) is 9.84 Å². The van der Waals surface area contributed by atoms with Gasteiger partial charge in [0, 0.05) is 36.9 Å². The van der Waals surface area contributed by atoms with E-state index in [4.69, 9.17) is 0 Å². The van der Waals surface area contributed by atoms with Crippen LogP contribution in [0.4, 0.5) is 5.82 Å². The first-order valence-electron chi connectivity index (χ1n) is 9.49. The van der Waals surface area contributed by atoms with E-state index in [1.54, 1.807) is 6.33 Å². The zero-order valence-electron chi connectivity index (χ0n) is 15.2. The average molecular weight is 378 g/mol. The normalized spacial score (nSPS) is 26.0. The Labute approximate surface area is 154 Å². The number of likely N-dealkylation sites (tertiary alicyclic amines) is 1. The van der Waals surface area contributed by atoms with Gasteiger partial charge in [-0.15, -0.1) is 0 Å². The molecule has 0 spiro atoms. The summed E-state index contributed by atoms with van der Waals surface area (Å²) in [5, 5.41) is 0. The van der Waals surface area contributed by atoms with Gasteiger partial charge in [0.1, 0.15) is 12.1 Å². The van der Waals surface area contributed by atoms with Crippen LogP contribution in [0.25, 0.3) is 0 Å². The van der Waals surface area contributed by atoms with Crippen LogP contribution in [0.3, 0.4) is 0 Å². The molecular formula is C18H26N4O3S. The summed E-state index contributed by atoms with van der Waals surface area (Å²) >= 11 is 0. The van der Waals surface area contributed by atoms with Crippen LogP contribution in [0.5, 0.6) is 0 Å². The third-order valence-electron chi connectivity index (χ3n) is 5.75. The lowest BCUT2D eigenvalue weighted by Crippen LogP contribution is -2.49. The lowest BCUT2D eigenvalue weighted by atomic mass is 10.00. The summed E-state index contributed by atoms with van der Waals surface area (Å²) in [6.45, 7) is 3.38. The molecule has 142 valence electrons. The SMILES string of the molecule is Cc1cc(N(C2CC2)C2CCN(C(=O)C3CCS(=O)(=O)C3)CC2)ncn1. The monoisotopic (exact) mass is 378 g/mol. The van der Waals surface area contributed by atoms with Gasteiger partial charge in [-0.1, -0.05) is 0 Å². The molecule has 26 heavy (non-hydrogen) atoms. The highest BCUT2D eigenvalue weighted by Gasteiger charge is 2.39. The molecule has 8 heteroatoms. The van der Waals surface area contributed by atoms with Crippen molar-refractivity contribution in [1.82, 2.24) is 14.9 Å². The van der Waals surface area contributed by atoms with E-state index < -0.39 is 9.84 Å². The predicted molar refractivity (Wildman–Crippen MR) is 98.6 cm³/mol. The number of anilines is 1. The highest BCUT2D eigenvalue weighted by atomic mass is 32.2. The van der Waals surface area contributed by atoms with Crippen LogP contribution in [0.2, 0.25) is 0 Å². The number of aromatic nitrogens is 2. The summed E-state index contributed by atoms with van der Waals surface area (Å²) < 4.78 is 23.3. The first kappa shape index (κ1) is 17.7. The summed E-state index contributed by atoms with van der Waals surface area (Å²) in [6, 6.07) is 2.98. The molecule has 0 radical (unpaired) electrons. The van der Waals surface area contributed by atoms with E-state index in [0.29, 0.717) is 31.6 Å². The molecule has 2 saturated heterocycles. The summed E-state index contributed by atoms with van der Waals surface area (Å²) in [4.78, 5) is 25.6. The van der Waals surface area contributed by atoms with Gasteiger partial charge in [0.25, 0.3) is 0 Å². The molecule has 1 unspecified atom stereocenters. The summed E-state index contributed by atoms with van der Waals surface area (Å²) in [7, 11) is -3.02. The number of hydrogen-bond donors (Lipinski definition) is 0. The molecule has 0 N–H and O–H groups in total. The van der Waals surface area contributed by atoms with Crippen LogP contribution in [0.15, 0.2) is 12.4 Å². The molecule has 2 aliphatic heterocycles. The lowest BCUT2D eigenvalue weighted by molar-refractivity contribution is -0.135. The van der Waals surface area contributed by atoms with Crippen molar-refractivity contribution in [2.24, 2.45) is 5.92 Å². The van der Waals surface area contributed by atoms with Crippen LogP contribution >= 0.6 is 0 Å². The summed E-state index contributed by atoms with van der Waals surface area (Å²) in [5.74, 6) is 0.871. The maximum absolute atomic E-state index is 12.7. The van der Waals surface area contributed by atoms with Gasteiger partial charge in [0.2, 0.25) is 5.91 Å². The molecule has 4 rings (SSSR count). The maximum atomic E-state index is 12.7. The topological polar surface area (TPSA) is 83.5 Å². The molecule has 0 bridgehead atoms. The summed E-state index contributed by atoms with van der Waals surface area (Å²) in [6.07, 6.45) is 6.31. The van der Waals surface area contributed by atoms with Crippen LogP contribution < -0.4 is 4.90 Å². The Kier molecular flexibility index (Phi) is 4.62. The highest BCUT2D eigenvalue weighted by molar-refractivity contribution is 7.91. The van der Waals surface area contributed by atoms with Crippen molar-refractivity contribution < 1.29 is 13.2 Å². The van der Waals surface area contributed by atoms with E-state index in [0.717, 1.165) is 24.4 Å². The Hall–Kier alpha value is -1.70. The first-order chi connectivity index (χ1) is 12.4. The third kappa shape index (κ3) is 3.70. The molecule has 1 aliphatic carbocycles. The molecule has 0 aromatic carbocycles. The zero-order chi connectivity index (χ0) is 18.3. The number of nitrogens with zero attached hydrogens (tertiary/aromatic N) is 4. The van der Waals surface area contributed by atoms with E-state index >= 15 is 0 Å². The number of aryl methyl sites for hydroxylation is 1. The third-order valence-corrected chi connectivity index (χ3v) is 7.51. The Bertz CT molecular complexity index is 785. The first-order valence-corrected chi connectivity index (χ1v) is 11.3. The Morgan fingerprint density at radius 3 is 2.38 bits per heavy atom. The second-order valence-corrected chi connectivity index (χ2v) is 10.0. The number of carbonyl (C=O) groups is 1. The minimum atomic E-state index is -3.02. The fourth-order valence-corrected chi connectivity index (χ4v) is 5.95. The van der Waals surface area contributed by atoms with Crippen molar-refractivity contribution in [2.75, 3.05) is 29.5 Å². The van der Waals surface area contributed by atoms with Gasteiger partial charge in [-0.05, 0) is 39.0 Å². The van der Waals surface area contributed by atoms with Crippen LogP contribution in [0, 0.1) is 12.8 Å². The maximum Gasteiger partial charge on any atom is 0.226 e. The van der Waals surface area contributed by atoms with Crippen molar-refractivity contribution >= 4 is 21.6 Å². The van der Waals surface area contributed by atoms with Crippen LogP contribution in [0.1, 0.15) is 37.8 Å². The van der Waals surface area contributed by atoms with Crippen molar-refractivity contribution in [3.63, 3.8) is 0 Å². The number of sulfone groups is 1. The van der Waals surface area contributed by atoms with Gasteiger partial charge < -0.3 is 9.80 Å². The smallest absolute Gasteiger partial charge is 0.226 e. The van der Waals surface area contributed by atoms with E-state index in [1.165, 1.54) is 12.8 Å². The number of piperidine rings is 1. The molecule has 3 fully saturated rings. The van der Waals surface area contributed by atoms with Crippen molar-refractivity contribution in [3.05, 3.63) is 18.1 Å². The number of carbonyl (C=O) groups excluding carboxylic acids is 1. The van der Waals surface area contributed by atoms with Crippen molar-refractivity contribution in [2.45, 2.75) is 51.1 Å². The van der Waals surface area contributed by atoms with Gasteiger partial charge in [-0.2, -0.15) is 0 Å². The molecule has 1 aromatic rings. The Balaban J connectivity index is 1.40. The molecule has 1 saturated carbocycles. The number of hydrogen-bond acceptors (Lipinski definition) is 6. The minimum Gasteiger partial charge on any atom is -0.350 e. The van der Waals surface area contributed by atoms with Gasteiger partial charge in [-0.3, -0.25) is 4.79 Å². The van der Waals surface area contributed by atoms with Crippen LogP contribution in [-0.4, -0.2) is 65.9 Å². The summed E-state index contributed by atoms with van der Waals surface area (Å²) in [5.41, 5.74) is 0.968. The fourth-order valence-electron chi connectivity index (χ4n) is 4.22. The Morgan fingerprint density at radius 1 is 1.12 bits per heavy atom. The molecule has 1 amide bonds. The van der Waals surface area contributed by atoms with Gasteiger partial charge >= 0.3 is 0 Å². The number of rotatable bonds is 4. The molecule has 3 aliphatic rings. The second kappa shape index (κ2) is 6.79. The van der Waals surface area contributed by atoms with Crippen molar-refractivity contribution in [1.29, 1.82) is 0 Å². The van der Waals surface area contributed by atoms with E-state index in [2.05, 4.69) is 14.9 Å². The fraction of sp³-hybridized carbons (Fsp3) is 0.722. The quantitative estimate of drug-likeness (QED) is 0.782. The van der Waals surface area contributed by atoms with Gasteiger partial charge in [-0.25, -0.2) is 18.4 Å². The molecular weight excluding hydrogens is 352 g/mol. The average Bonchev–Trinajstić information content (AvgIpc) is 3.37. The van der Waals surface area contributed by atoms with E-state index in [1.807, 2.05) is 17.9 Å². The molecule has 1 atom stereocenters. The predicted octanol–water partition coefficient (Wildman–Crippen LogP) is 1.18. The lowest BCUT2D eigenvalue weighted by Gasteiger charge is -2.40. The van der Waals surface area contributed by atoms with Crippen molar-refractivity contribution in [3.8, 4) is 0 Å². The largest absolute Gasteiger partial charge is 0.350 e. The Morgan fingerprint density at radius 2 is 1.81 bits per heavy atom. The van der Waals surface area contributed by atoms with Gasteiger partial charge in [0.05, 0.1) is 17.4 Å². The second-order valence-electron chi connectivity index (χ2n) is 7.81. The minimum absolute atomic E-state index is 0.0279. The number of amides is 1. The molecule has 1 aromatic heterocycles. The van der Waals surface area contributed by atoms with E-state index in [-0.39, 0.29) is 23.3 Å². The molecule has 7 nitrogen and oxygen atoms in total. The standard InChI is InChI=1S/C18H26N4O3S/c1-13-10-17(20-12-19-13)22(15-2-3-15)16-4-7-21(8-5-16)18(23)14-6-9-26(24,25)11-14/h10,12,14-16H,2-9,11H2,1H3. The highest BCUT2D eigenvalue weighted by Crippen LogP contribution is 2.35. The van der Waals surface area contributed by atoms with E-state index in [9.17, 15) is 13.2 Å². The zero-order valence-corrected chi connectivity index (χ0v) is 16.0.